The summed E-state index contributed by atoms with van der Waals surface area (Å²) in [5, 5.41) is 11.0. The predicted molar refractivity (Wildman–Crippen MR) is 66.8 cm³/mol. The van der Waals surface area contributed by atoms with Gasteiger partial charge in [0.2, 0.25) is 6.04 Å². The molecule has 0 spiro atoms. The number of nitrogens with zero attached hydrogens (tertiary/aromatic N) is 1. The summed E-state index contributed by atoms with van der Waals surface area (Å²) < 4.78 is 39.8. The van der Waals surface area contributed by atoms with Crippen LogP contribution >= 0.6 is 15.9 Å². The van der Waals surface area contributed by atoms with E-state index in [4.69, 9.17) is 0 Å². The van der Waals surface area contributed by atoms with Crippen LogP contribution in [0.3, 0.4) is 0 Å². The van der Waals surface area contributed by atoms with Crippen LogP contribution < -0.4 is 0 Å². The maximum atomic E-state index is 13.7. The number of ketones is 1. The number of Topliss-reactive ketones (excluding diaryl/α,β-unsaturated/α-hetero) is 1. The van der Waals surface area contributed by atoms with Gasteiger partial charge in [-0.2, -0.15) is 0 Å². The van der Waals surface area contributed by atoms with E-state index in [2.05, 4.69) is 15.9 Å². The minimum absolute atomic E-state index is 0.116. The minimum atomic E-state index is -1.37. The fourth-order valence-corrected chi connectivity index (χ4v) is 2.93. The van der Waals surface area contributed by atoms with Crippen molar-refractivity contribution in [3.63, 3.8) is 0 Å². The Balaban J connectivity index is 2.45. The van der Waals surface area contributed by atoms with Crippen LogP contribution in [0, 0.1) is 27.6 Å². The zero-order valence-corrected chi connectivity index (χ0v) is 11.6. The lowest BCUT2D eigenvalue weighted by atomic mass is 9.79. The molecule has 3 unspecified atom stereocenters. The maximum absolute atomic E-state index is 13.7. The van der Waals surface area contributed by atoms with E-state index in [1.54, 1.807) is 0 Å². The summed E-state index contributed by atoms with van der Waals surface area (Å²) in [6.07, 6.45) is -0.404. The van der Waals surface area contributed by atoms with Gasteiger partial charge in [-0.3, -0.25) is 14.9 Å². The standard InChI is InChI=1S/C12H9BrF3NO3/c13-7-3-11(17(19)20)6(2-12(7)18)5-1-9(15)10(16)4-8(5)14/h1,4,6-7,11H,2-3H2. The second-order valence-corrected chi connectivity index (χ2v) is 5.73. The third-order valence-electron chi connectivity index (χ3n) is 3.39. The molecule has 0 radical (unpaired) electrons. The van der Waals surface area contributed by atoms with E-state index in [-0.39, 0.29) is 24.2 Å². The summed E-state index contributed by atoms with van der Waals surface area (Å²) >= 11 is 3.03. The zero-order valence-electron chi connectivity index (χ0n) is 9.98. The first-order valence-electron chi connectivity index (χ1n) is 5.76. The van der Waals surface area contributed by atoms with E-state index in [0.29, 0.717) is 12.1 Å². The van der Waals surface area contributed by atoms with Gasteiger partial charge in [-0.15, -0.1) is 0 Å². The molecule has 0 saturated heterocycles. The van der Waals surface area contributed by atoms with E-state index in [1.165, 1.54) is 0 Å². The highest BCUT2D eigenvalue weighted by Crippen LogP contribution is 2.37. The lowest BCUT2D eigenvalue weighted by Crippen LogP contribution is -2.39. The number of nitro groups is 1. The van der Waals surface area contributed by atoms with Crippen LogP contribution in [0.4, 0.5) is 13.2 Å². The van der Waals surface area contributed by atoms with Crippen LogP contribution in [-0.4, -0.2) is 21.6 Å². The molecule has 2 rings (SSSR count). The van der Waals surface area contributed by atoms with Crippen LogP contribution in [0.1, 0.15) is 24.3 Å². The van der Waals surface area contributed by atoms with Gasteiger partial charge >= 0.3 is 0 Å². The monoisotopic (exact) mass is 351 g/mol. The van der Waals surface area contributed by atoms with E-state index in [0.717, 1.165) is 0 Å². The Morgan fingerprint density at radius 1 is 1.20 bits per heavy atom. The van der Waals surface area contributed by atoms with Gasteiger partial charge in [0.1, 0.15) is 11.6 Å². The van der Waals surface area contributed by atoms with Crippen molar-refractivity contribution in [2.45, 2.75) is 29.6 Å². The lowest BCUT2D eigenvalue weighted by molar-refractivity contribution is -0.528. The van der Waals surface area contributed by atoms with Gasteiger partial charge in [-0.05, 0) is 6.07 Å². The van der Waals surface area contributed by atoms with Gasteiger partial charge in [0, 0.05) is 29.4 Å². The van der Waals surface area contributed by atoms with Crippen molar-refractivity contribution >= 4 is 21.7 Å². The van der Waals surface area contributed by atoms with Crippen molar-refractivity contribution in [1.29, 1.82) is 0 Å². The molecular weight excluding hydrogens is 343 g/mol. The Bertz CT molecular complexity index is 581. The second kappa shape index (κ2) is 5.51. The Kier molecular flexibility index (Phi) is 4.12. The SMILES string of the molecule is O=C1CC(c2cc(F)c(F)cc2F)C([N+](=O)[O-])CC1Br. The molecule has 0 amide bonds. The van der Waals surface area contributed by atoms with Crippen LogP contribution in [0.25, 0.3) is 0 Å². The average molecular weight is 352 g/mol. The Morgan fingerprint density at radius 2 is 1.80 bits per heavy atom. The molecule has 3 atom stereocenters. The first-order chi connectivity index (χ1) is 9.31. The summed E-state index contributed by atoms with van der Waals surface area (Å²) in [6, 6.07) is -0.295. The second-order valence-electron chi connectivity index (χ2n) is 4.62. The molecule has 20 heavy (non-hydrogen) atoms. The molecule has 108 valence electrons. The van der Waals surface area contributed by atoms with Crippen LogP contribution in [-0.2, 0) is 4.79 Å². The van der Waals surface area contributed by atoms with E-state index >= 15 is 0 Å². The predicted octanol–water partition coefficient (Wildman–Crippen LogP) is 2.96. The van der Waals surface area contributed by atoms with Crippen molar-refractivity contribution < 1.29 is 22.9 Å². The number of carbonyl (C=O) groups excluding carboxylic acids is 1. The largest absolute Gasteiger partial charge is 0.298 e. The molecule has 1 aromatic carbocycles. The summed E-state index contributed by atoms with van der Waals surface area (Å²) in [7, 11) is 0. The number of alkyl halides is 1. The smallest absolute Gasteiger partial charge is 0.221 e. The summed E-state index contributed by atoms with van der Waals surface area (Å²) in [5.41, 5.74) is -0.335. The highest BCUT2D eigenvalue weighted by molar-refractivity contribution is 9.10. The lowest BCUT2D eigenvalue weighted by Gasteiger charge is -2.28. The topological polar surface area (TPSA) is 60.2 Å². The van der Waals surface area contributed by atoms with Crippen molar-refractivity contribution in [1.82, 2.24) is 0 Å². The third-order valence-corrected chi connectivity index (χ3v) is 4.28. The Morgan fingerprint density at radius 3 is 2.40 bits per heavy atom. The number of rotatable bonds is 2. The molecule has 0 aromatic heterocycles. The summed E-state index contributed by atoms with van der Waals surface area (Å²) in [6.45, 7) is 0. The Labute approximate surface area is 120 Å². The molecule has 0 bridgehead atoms. The highest BCUT2D eigenvalue weighted by atomic mass is 79.9. The zero-order chi connectivity index (χ0) is 15.0. The van der Waals surface area contributed by atoms with Gasteiger partial charge in [0.25, 0.3) is 0 Å². The number of carbonyl (C=O) groups is 1. The number of hydrogen-bond acceptors (Lipinski definition) is 3. The van der Waals surface area contributed by atoms with Crippen LogP contribution in [0.5, 0.6) is 0 Å². The van der Waals surface area contributed by atoms with Crippen molar-refractivity contribution in [3.05, 3.63) is 45.3 Å². The first kappa shape index (κ1) is 15.0. The molecule has 0 heterocycles. The van der Waals surface area contributed by atoms with E-state index < -0.39 is 39.2 Å². The van der Waals surface area contributed by atoms with E-state index in [1.807, 2.05) is 0 Å². The highest BCUT2D eigenvalue weighted by Gasteiger charge is 2.44. The fourth-order valence-electron chi connectivity index (χ4n) is 2.36. The average Bonchev–Trinajstić information content (AvgIpc) is 2.36. The number of halogens is 4. The molecular formula is C12H9BrF3NO3. The molecule has 8 heteroatoms. The van der Waals surface area contributed by atoms with Gasteiger partial charge in [-0.25, -0.2) is 13.2 Å². The quantitative estimate of drug-likeness (QED) is 0.356. The summed E-state index contributed by atoms with van der Waals surface area (Å²) in [5.74, 6) is -5.17. The number of hydrogen-bond donors (Lipinski definition) is 0. The first-order valence-corrected chi connectivity index (χ1v) is 6.67. The molecule has 0 N–H and O–H groups in total. The minimum Gasteiger partial charge on any atom is -0.298 e. The Hall–Kier alpha value is -1.44. The van der Waals surface area contributed by atoms with Gasteiger partial charge in [-0.1, -0.05) is 15.9 Å². The maximum Gasteiger partial charge on any atom is 0.221 e. The van der Waals surface area contributed by atoms with Crippen LogP contribution in [0.2, 0.25) is 0 Å². The molecule has 1 fully saturated rings. The van der Waals surface area contributed by atoms with Gasteiger partial charge in [0.05, 0.1) is 10.7 Å². The summed E-state index contributed by atoms with van der Waals surface area (Å²) in [4.78, 5) is 21.4. The van der Waals surface area contributed by atoms with E-state index in [9.17, 15) is 28.1 Å². The van der Waals surface area contributed by atoms with Gasteiger partial charge < -0.3 is 0 Å². The normalized spacial score (nSPS) is 26.6. The number of benzene rings is 1. The molecule has 4 nitrogen and oxygen atoms in total. The molecule has 1 aromatic rings. The van der Waals surface area contributed by atoms with Crippen molar-refractivity contribution in [3.8, 4) is 0 Å². The van der Waals surface area contributed by atoms with Gasteiger partial charge in [0.15, 0.2) is 11.6 Å². The molecule has 1 aliphatic carbocycles. The molecule has 0 aliphatic heterocycles. The van der Waals surface area contributed by atoms with Crippen molar-refractivity contribution in [2.75, 3.05) is 0 Å². The van der Waals surface area contributed by atoms with Crippen molar-refractivity contribution in [2.24, 2.45) is 0 Å². The molecule has 1 saturated carbocycles. The third kappa shape index (κ3) is 2.70. The fraction of sp³-hybridized carbons (Fsp3) is 0.417. The molecule has 1 aliphatic rings. The van der Waals surface area contributed by atoms with Crippen LogP contribution in [0.15, 0.2) is 12.1 Å².